The van der Waals surface area contributed by atoms with E-state index in [9.17, 15) is 10.1 Å². The third-order valence-corrected chi connectivity index (χ3v) is 5.13. The molecule has 7 heteroatoms. The first-order chi connectivity index (χ1) is 15.0. The van der Waals surface area contributed by atoms with Crippen molar-refractivity contribution in [1.29, 1.82) is 5.26 Å². The predicted octanol–water partition coefficient (Wildman–Crippen LogP) is 5.74. The molecule has 0 saturated carbocycles. The molecule has 32 heavy (non-hydrogen) atoms. The van der Waals surface area contributed by atoms with Gasteiger partial charge in [-0.25, -0.2) is 4.79 Å². The van der Waals surface area contributed by atoms with E-state index in [1.54, 1.807) is 18.5 Å². The third-order valence-electron chi connectivity index (χ3n) is 5.13. The third kappa shape index (κ3) is 5.70. The van der Waals surface area contributed by atoms with E-state index < -0.39 is 12.4 Å². The molecule has 172 valence electrons. The number of ether oxygens (including phenoxy) is 3. The highest BCUT2D eigenvalue weighted by Crippen LogP contribution is 2.33. The van der Waals surface area contributed by atoms with E-state index in [2.05, 4.69) is 31.9 Å². The first kappa shape index (κ1) is 25.0. The van der Waals surface area contributed by atoms with E-state index in [1.807, 2.05) is 45.0 Å². The van der Waals surface area contributed by atoms with Crippen LogP contribution in [0.1, 0.15) is 69.6 Å². The average molecular weight is 440 g/mol. The lowest BCUT2D eigenvalue weighted by Gasteiger charge is -2.21. The number of nitrogens with zero attached hydrogens (tertiary/aromatic N) is 3. The van der Waals surface area contributed by atoms with Crippen molar-refractivity contribution in [3.63, 3.8) is 0 Å². The minimum absolute atomic E-state index is 0.00902. The van der Waals surface area contributed by atoms with Crippen molar-refractivity contribution in [2.45, 2.75) is 73.6 Å². The number of rotatable bonds is 7. The molecule has 0 saturated heterocycles. The van der Waals surface area contributed by atoms with Crippen LogP contribution in [0.25, 0.3) is 11.3 Å². The van der Waals surface area contributed by atoms with Crippen LogP contribution in [-0.4, -0.2) is 28.8 Å². The molecule has 1 aromatic carbocycles. The molecular formula is C25H33N3O4. The first-order valence-electron chi connectivity index (χ1n) is 10.8. The largest absolute Gasteiger partial charge is 0.511 e. The fourth-order valence-corrected chi connectivity index (χ4v) is 3.28. The van der Waals surface area contributed by atoms with Crippen molar-refractivity contribution >= 4 is 17.5 Å². The Morgan fingerprint density at radius 2 is 1.78 bits per heavy atom. The monoisotopic (exact) mass is 439 g/mol. The second kappa shape index (κ2) is 10.4. The molecule has 1 atom stereocenters. The summed E-state index contributed by atoms with van der Waals surface area (Å²) >= 11 is 0. The number of carbonyl (C=O) groups is 1. The number of hydrogen-bond acceptors (Lipinski definition) is 6. The zero-order valence-electron chi connectivity index (χ0n) is 20.3. The molecule has 0 amide bonds. The summed E-state index contributed by atoms with van der Waals surface area (Å²) in [7, 11) is 0. The van der Waals surface area contributed by atoms with Crippen molar-refractivity contribution in [2.24, 2.45) is 0 Å². The maximum absolute atomic E-state index is 11.8. The summed E-state index contributed by atoms with van der Waals surface area (Å²) in [6, 6.07) is 10.1. The summed E-state index contributed by atoms with van der Waals surface area (Å²) in [5.41, 5.74) is 4.60. The van der Waals surface area contributed by atoms with Gasteiger partial charge in [0.15, 0.2) is 5.76 Å². The zero-order valence-corrected chi connectivity index (χ0v) is 20.3. The van der Waals surface area contributed by atoms with Gasteiger partial charge < -0.3 is 14.2 Å². The maximum atomic E-state index is 11.8. The molecule has 2 rings (SSSR count). The van der Waals surface area contributed by atoms with E-state index >= 15 is 0 Å². The summed E-state index contributed by atoms with van der Waals surface area (Å²) in [5, 5.41) is 14.7. The lowest BCUT2D eigenvalue weighted by atomic mass is 9.86. The number of benzene rings is 1. The van der Waals surface area contributed by atoms with Gasteiger partial charge in [0.2, 0.25) is 6.29 Å². The van der Waals surface area contributed by atoms with E-state index in [0.717, 1.165) is 16.8 Å². The molecule has 0 N–H and O–H groups in total. The van der Waals surface area contributed by atoms with Gasteiger partial charge in [0.1, 0.15) is 17.3 Å². The summed E-state index contributed by atoms with van der Waals surface area (Å²) in [6.45, 7) is 16.3. The van der Waals surface area contributed by atoms with E-state index in [4.69, 9.17) is 14.2 Å². The quantitative estimate of drug-likeness (QED) is 0.236. The van der Waals surface area contributed by atoms with Crippen molar-refractivity contribution in [3.8, 4) is 6.07 Å². The Balaban J connectivity index is 2.64. The number of carbonyl (C=O) groups excluding carboxylic acids is 1. The average Bonchev–Trinajstić information content (AvgIpc) is 3.01. The molecule has 2 aromatic rings. The van der Waals surface area contributed by atoms with Crippen LogP contribution in [0.2, 0.25) is 0 Å². The Kier molecular flexibility index (Phi) is 8.09. The molecule has 1 aromatic heterocycles. The summed E-state index contributed by atoms with van der Waals surface area (Å²) in [4.78, 5) is 11.8. The molecule has 7 nitrogen and oxygen atoms in total. The number of hydrogen-bond donors (Lipinski definition) is 0. The Labute approximate surface area is 190 Å². The number of aryl methyl sites for hydroxylation is 2. The molecule has 0 bridgehead atoms. The van der Waals surface area contributed by atoms with Crippen LogP contribution in [0.3, 0.4) is 0 Å². The minimum Gasteiger partial charge on any atom is -0.451 e. The van der Waals surface area contributed by atoms with Crippen LogP contribution < -0.4 is 0 Å². The summed E-state index contributed by atoms with van der Waals surface area (Å²) in [6.07, 6.45) is -1.80. The van der Waals surface area contributed by atoms with Crippen LogP contribution in [0.15, 0.2) is 24.3 Å². The van der Waals surface area contributed by atoms with Crippen molar-refractivity contribution < 1.29 is 19.0 Å². The first-order valence-corrected chi connectivity index (χ1v) is 10.8. The predicted molar refractivity (Wildman–Crippen MR) is 124 cm³/mol. The highest BCUT2D eigenvalue weighted by Gasteiger charge is 2.25. The van der Waals surface area contributed by atoms with E-state index in [0.29, 0.717) is 29.1 Å². The Hall–Kier alpha value is -3.27. The molecule has 0 fully saturated rings. The summed E-state index contributed by atoms with van der Waals surface area (Å²) < 4.78 is 17.9. The molecule has 0 aliphatic heterocycles. The lowest BCUT2D eigenvalue weighted by molar-refractivity contribution is -0.0660. The van der Waals surface area contributed by atoms with Gasteiger partial charge in [-0.2, -0.15) is 10.4 Å². The SMILES string of the molecule is CCOC(=O)OC(C)O/C(=C(/C#N)c1ccc(C(C)(C)C)cc1)c1c(C)c(C)nn1CC. The highest BCUT2D eigenvalue weighted by atomic mass is 16.8. The van der Waals surface area contributed by atoms with Gasteiger partial charge in [0.05, 0.1) is 12.3 Å². The molecular weight excluding hydrogens is 406 g/mol. The normalized spacial score (nSPS) is 13.1. The van der Waals surface area contributed by atoms with Gasteiger partial charge in [0.25, 0.3) is 0 Å². The topological polar surface area (TPSA) is 86.4 Å². The molecule has 1 unspecified atom stereocenters. The molecule has 0 radical (unpaired) electrons. The van der Waals surface area contributed by atoms with Gasteiger partial charge in [-0.15, -0.1) is 0 Å². The van der Waals surface area contributed by atoms with E-state index in [-0.39, 0.29) is 12.0 Å². The Morgan fingerprint density at radius 1 is 1.16 bits per heavy atom. The zero-order chi connectivity index (χ0) is 24.1. The van der Waals surface area contributed by atoms with Crippen LogP contribution in [-0.2, 0) is 26.2 Å². The van der Waals surface area contributed by atoms with Gasteiger partial charge >= 0.3 is 6.16 Å². The van der Waals surface area contributed by atoms with Gasteiger partial charge in [-0.1, -0.05) is 45.0 Å². The fraction of sp³-hybridized carbons (Fsp3) is 0.480. The second-order valence-corrected chi connectivity index (χ2v) is 8.50. The van der Waals surface area contributed by atoms with Crippen LogP contribution in [0.4, 0.5) is 4.79 Å². The second-order valence-electron chi connectivity index (χ2n) is 8.50. The minimum atomic E-state index is -0.971. The number of aromatic nitrogens is 2. The van der Waals surface area contributed by atoms with Crippen molar-refractivity contribution in [3.05, 3.63) is 52.3 Å². The van der Waals surface area contributed by atoms with Gasteiger partial charge in [0, 0.05) is 19.0 Å². The van der Waals surface area contributed by atoms with Crippen LogP contribution in [0.5, 0.6) is 0 Å². The summed E-state index contributed by atoms with van der Waals surface area (Å²) in [5.74, 6) is 0.313. The van der Waals surface area contributed by atoms with Crippen molar-refractivity contribution in [2.75, 3.05) is 6.61 Å². The number of allylic oxidation sites excluding steroid dienone is 1. The maximum Gasteiger partial charge on any atom is 0.511 e. The standard InChI is InChI=1S/C25H33N3O4/c1-9-28-22(16(3)17(4)27-28)23(31-18(5)32-24(29)30-10-2)21(15-26)19-11-13-20(14-12-19)25(6,7)8/h11-14,18H,9-10H2,1-8H3/b23-21-. The smallest absolute Gasteiger partial charge is 0.451 e. The van der Waals surface area contributed by atoms with Crippen molar-refractivity contribution in [1.82, 2.24) is 9.78 Å². The molecule has 0 aliphatic carbocycles. The molecule has 1 heterocycles. The highest BCUT2D eigenvalue weighted by molar-refractivity contribution is 5.94. The molecule has 0 spiro atoms. The van der Waals surface area contributed by atoms with Gasteiger partial charge in [-0.05, 0) is 44.2 Å². The number of nitriles is 1. The fourth-order valence-electron chi connectivity index (χ4n) is 3.28. The van der Waals surface area contributed by atoms with Crippen LogP contribution >= 0.6 is 0 Å². The van der Waals surface area contributed by atoms with E-state index in [1.165, 1.54) is 0 Å². The Bertz CT molecular complexity index is 1020. The van der Waals surface area contributed by atoms with Crippen LogP contribution in [0, 0.1) is 25.2 Å². The van der Waals surface area contributed by atoms with Gasteiger partial charge in [-0.3, -0.25) is 4.68 Å². The lowest BCUT2D eigenvalue weighted by Crippen LogP contribution is -2.20. The Morgan fingerprint density at radius 3 is 2.28 bits per heavy atom. The molecule has 0 aliphatic rings.